The van der Waals surface area contributed by atoms with Crippen molar-refractivity contribution in [1.29, 1.82) is 0 Å². The quantitative estimate of drug-likeness (QED) is 0.933. The number of carbonyl (C=O) groups is 2. The Balaban J connectivity index is 2.45. The fourth-order valence-corrected chi connectivity index (χ4v) is 3.00. The zero-order valence-electron chi connectivity index (χ0n) is 11.0. The SMILES string of the molecule is CCC1(C(=O)O)CCCN1C(=O)c1c(F)cccc1Cl. The molecule has 1 aromatic rings. The minimum Gasteiger partial charge on any atom is -0.479 e. The topological polar surface area (TPSA) is 57.6 Å². The van der Waals surface area contributed by atoms with E-state index >= 15 is 0 Å². The third-order valence-electron chi connectivity index (χ3n) is 3.89. The van der Waals surface area contributed by atoms with Gasteiger partial charge in [0.05, 0.1) is 10.6 Å². The lowest BCUT2D eigenvalue weighted by atomic mass is 9.92. The summed E-state index contributed by atoms with van der Waals surface area (Å²) in [6.07, 6.45) is 1.23. The first-order valence-electron chi connectivity index (χ1n) is 6.43. The van der Waals surface area contributed by atoms with Crippen molar-refractivity contribution in [2.45, 2.75) is 31.7 Å². The molecule has 2 rings (SSSR count). The van der Waals surface area contributed by atoms with Crippen molar-refractivity contribution < 1.29 is 19.1 Å². The molecule has 1 fully saturated rings. The molecule has 1 atom stereocenters. The predicted octanol–water partition coefficient (Wildman–Crippen LogP) is 2.95. The summed E-state index contributed by atoms with van der Waals surface area (Å²) in [6.45, 7) is 2.01. The van der Waals surface area contributed by atoms with Crippen molar-refractivity contribution in [2.24, 2.45) is 0 Å². The average molecular weight is 300 g/mol. The molecule has 20 heavy (non-hydrogen) atoms. The van der Waals surface area contributed by atoms with Crippen LogP contribution in [0, 0.1) is 5.82 Å². The molecule has 0 aromatic heterocycles. The van der Waals surface area contributed by atoms with Crippen molar-refractivity contribution in [3.05, 3.63) is 34.6 Å². The van der Waals surface area contributed by atoms with Crippen LogP contribution >= 0.6 is 11.6 Å². The average Bonchev–Trinajstić information content (AvgIpc) is 2.83. The maximum Gasteiger partial charge on any atom is 0.329 e. The van der Waals surface area contributed by atoms with Crippen LogP contribution in [0.4, 0.5) is 4.39 Å². The summed E-state index contributed by atoms with van der Waals surface area (Å²) in [4.78, 5) is 25.3. The van der Waals surface area contributed by atoms with Crippen LogP contribution in [0.25, 0.3) is 0 Å². The number of nitrogens with zero attached hydrogens (tertiary/aromatic N) is 1. The van der Waals surface area contributed by atoms with E-state index in [-0.39, 0.29) is 17.0 Å². The normalized spacial score (nSPS) is 22.1. The maximum atomic E-state index is 13.8. The molecule has 1 N–H and O–H groups in total. The Labute approximate surface area is 121 Å². The highest BCUT2D eigenvalue weighted by Crippen LogP contribution is 2.35. The zero-order chi connectivity index (χ0) is 14.9. The first-order chi connectivity index (χ1) is 9.44. The lowest BCUT2D eigenvalue weighted by Crippen LogP contribution is -2.52. The standard InChI is InChI=1S/C14H15ClFNO3/c1-2-14(13(19)20)7-4-8-17(14)12(18)11-9(15)5-3-6-10(11)16/h3,5-6H,2,4,7-8H2,1H3,(H,19,20). The summed E-state index contributed by atoms with van der Waals surface area (Å²) in [5.74, 6) is -2.45. The Morgan fingerprint density at radius 1 is 1.50 bits per heavy atom. The van der Waals surface area contributed by atoms with Crippen LogP contribution in [0.5, 0.6) is 0 Å². The lowest BCUT2D eigenvalue weighted by molar-refractivity contribution is -0.148. The molecule has 6 heteroatoms. The molecule has 0 spiro atoms. The highest BCUT2D eigenvalue weighted by Gasteiger charge is 2.49. The number of hydrogen-bond acceptors (Lipinski definition) is 2. The van der Waals surface area contributed by atoms with Crippen LogP contribution in [-0.2, 0) is 4.79 Å². The van der Waals surface area contributed by atoms with Gasteiger partial charge in [0.2, 0.25) is 0 Å². The van der Waals surface area contributed by atoms with Crippen LogP contribution in [0.3, 0.4) is 0 Å². The van der Waals surface area contributed by atoms with Gasteiger partial charge in [-0.2, -0.15) is 0 Å². The summed E-state index contributed by atoms with van der Waals surface area (Å²) in [6, 6.07) is 3.97. The van der Waals surface area contributed by atoms with Gasteiger partial charge in [0, 0.05) is 6.54 Å². The van der Waals surface area contributed by atoms with Crippen molar-refractivity contribution in [3.8, 4) is 0 Å². The molecule has 0 aliphatic carbocycles. The smallest absolute Gasteiger partial charge is 0.329 e. The van der Waals surface area contributed by atoms with Gasteiger partial charge < -0.3 is 10.0 Å². The van der Waals surface area contributed by atoms with E-state index in [1.807, 2.05) is 0 Å². The number of rotatable bonds is 3. The summed E-state index contributed by atoms with van der Waals surface area (Å²) >= 11 is 5.88. The maximum absolute atomic E-state index is 13.8. The summed E-state index contributed by atoms with van der Waals surface area (Å²) in [7, 11) is 0. The fraction of sp³-hybridized carbons (Fsp3) is 0.429. The van der Waals surface area contributed by atoms with Gasteiger partial charge in [0.1, 0.15) is 11.4 Å². The van der Waals surface area contributed by atoms with E-state index in [0.717, 1.165) is 6.07 Å². The first kappa shape index (κ1) is 14.8. The molecule has 1 saturated heterocycles. The van der Waals surface area contributed by atoms with E-state index in [2.05, 4.69) is 0 Å². The second-order valence-corrected chi connectivity index (χ2v) is 5.25. The minimum atomic E-state index is -1.26. The molecule has 1 aliphatic heterocycles. The van der Waals surface area contributed by atoms with Gasteiger partial charge in [-0.3, -0.25) is 4.79 Å². The second-order valence-electron chi connectivity index (χ2n) is 4.85. The van der Waals surface area contributed by atoms with Crippen molar-refractivity contribution in [1.82, 2.24) is 4.90 Å². The van der Waals surface area contributed by atoms with Gasteiger partial charge >= 0.3 is 5.97 Å². The number of halogens is 2. The van der Waals surface area contributed by atoms with Gasteiger partial charge in [-0.1, -0.05) is 24.6 Å². The molecule has 1 aliphatic rings. The molecule has 0 radical (unpaired) electrons. The van der Waals surface area contributed by atoms with Crippen molar-refractivity contribution in [2.75, 3.05) is 6.54 Å². The predicted molar refractivity (Wildman–Crippen MR) is 72.3 cm³/mol. The first-order valence-corrected chi connectivity index (χ1v) is 6.81. The summed E-state index contributed by atoms with van der Waals surface area (Å²) in [5, 5.41) is 9.45. The van der Waals surface area contributed by atoms with Gasteiger partial charge in [-0.15, -0.1) is 0 Å². The molecule has 108 valence electrons. The van der Waals surface area contributed by atoms with E-state index in [9.17, 15) is 19.1 Å². The molecule has 1 unspecified atom stereocenters. The van der Waals surface area contributed by atoms with Crippen LogP contribution in [0.2, 0.25) is 5.02 Å². The number of carboxylic acid groups (broad SMARTS) is 1. The van der Waals surface area contributed by atoms with Crippen LogP contribution in [-0.4, -0.2) is 34.0 Å². The van der Waals surface area contributed by atoms with E-state index < -0.39 is 23.2 Å². The number of carboxylic acids is 1. The summed E-state index contributed by atoms with van der Waals surface area (Å²) < 4.78 is 13.8. The molecular weight excluding hydrogens is 285 g/mol. The van der Waals surface area contributed by atoms with Crippen molar-refractivity contribution in [3.63, 3.8) is 0 Å². The minimum absolute atomic E-state index is 0.00251. The van der Waals surface area contributed by atoms with Gasteiger partial charge in [0.15, 0.2) is 0 Å². The third-order valence-corrected chi connectivity index (χ3v) is 4.21. The number of likely N-dealkylation sites (tertiary alicyclic amines) is 1. The molecule has 4 nitrogen and oxygen atoms in total. The van der Waals surface area contributed by atoms with Gasteiger partial charge in [-0.05, 0) is 31.4 Å². The third kappa shape index (κ3) is 2.16. The van der Waals surface area contributed by atoms with E-state index in [0.29, 0.717) is 19.4 Å². The Morgan fingerprint density at radius 3 is 2.75 bits per heavy atom. The Bertz CT molecular complexity index is 543. The largest absolute Gasteiger partial charge is 0.479 e. The fourth-order valence-electron chi connectivity index (χ4n) is 2.75. The van der Waals surface area contributed by atoms with E-state index in [1.165, 1.54) is 17.0 Å². The molecule has 1 aromatic carbocycles. The van der Waals surface area contributed by atoms with Crippen LogP contribution in [0.1, 0.15) is 36.5 Å². The number of aliphatic carboxylic acids is 1. The number of hydrogen-bond donors (Lipinski definition) is 1. The molecule has 1 heterocycles. The number of benzene rings is 1. The Hall–Kier alpha value is -1.62. The Kier molecular flexibility index (Phi) is 3.99. The monoisotopic (exact) mass is 299 g/mol. The highest BCUT2D eigenvalue weighted by molar-refractivity contribution is 6.33. The Morgan fingerprint density at radius 2 is 2.20 bits per heavy atom. The van der Waals surface area contributed by atoms with Crippen LogP contribution in [0.15, 0.2) is 18.2 Å². The van der Waals surface area contributed by atoms with E-state index in [4.69, 9.17) is 11.6 Å². The highest BCUT2D eigenvalue weighted by atomic mass is 35.5. The molecule has 0 saturated carbocycles. The van der Waals surface area contributed by atoms with E-state index in [1.54, 1.807) is 6.92 Å². The molecular formula is C14H15ClFNO3. The van der Waals surface area contributed by atoms with Crippen LogP contribution < -0.4 is 0 Å². The molecule has 1 amide bonds. The molecule has 0 bridgehead atoms. The summed E-state index contributed by atoms with van der Waals surface area (Å²) in [5.41, 5.74) is -1.52. The lowest BCUT2D eigenvalue weighted by Gasteiger charge is -2.34. The zero-order valence-corrected chi connectivity index (χ0v) is 11.8. The van der Waals surface area contributed by atoms with Gasteiger partial charge in [0.25, 0.3) is 5.91 Å². The second kappa shape index (κ2) is 5.40. The number of carbonyl (C=O) groups excluding carboxylic acids is 1. The number of amides is 1. The van der Waals surface area contributed by atoms with Crippen molar-refractivity contribution >= 4 is 23.5 Å². The van der Waals surface area contributed by atoms with Gasteiger partial charge in [-0.25, -0.2) is 9.18 Å².